The summed E-state index contributed by atoms with van der Waals surface area (Å²) >= 11 is 0. The fraction of sp³-hybridized carbons (Fsp3) is 0.875. The van der Waals surface area contributed by atoms with Gasteiger partial charge in [0.1, 0.15) is 0 Å². The Bertz CT molecular complexity index is 477. The zero-order valence-corrected chi connectivity index (χ0v) is 12.7. The molecule has 2 heterocycles. The normalized spacial score (nSPS) is 39.5. The monoisotopic (exact) mass is 309 g/mol. The first-order valence-corrected chi connectivity index (χ1v) is 8.39. The molecule has 1 N–H and O–H groups in total. The Morgan fingerprint density at radius 2 is 1.59 bits per heavy atom. The van der Waals surface area contributed by atoms with Crippen LogP contribution in [0.4, 0.5) is 0 Å². The predicted octanol–water partition coefficient (Wildman–Crippen LogP) is 1.10. The lowest BCUT2D eigenvalue weighted by molar-refractivity contribution is -0.189. The summed E-state index contributed by atoms with van der Waals surface area (Å²) in [5, 5.41) is 9.51. The molecule has 2 saturated heterocycles. The van der Waals surface area contributed by atoms with Gasteiger partial charge in [0.25, 0.3) is 0 Å². The van der Waals surface area contributed by atoms with Gasteiger partial charge in [-0.1, -0.05) is 0 Å². The van der Waals surface area contributed by atoms with Crippen molar-refractivity contribution >= 4 is 11.9 Å². The van der Waals surface area contributed by atoms with Crippen LogP contribution in [-0.4, -0.2) is 54.0 Å². The quantitative estimate of drug-likeness (QED) is 0.826. The van der Waals surface area contributed by atoms with E-state index in [-0.39, 0.29) is 23.7 Å². The molecular formula is C16H23NO5. The van der Waals surface area contributed by atoms with E-state index in [0.29, 0.717) is 39.1 Å². The van der Waals surface area contributed by atoms with Gasteiger partial charge in [-0.25, -0.2) is 0 Å². The number of piperidine rings is 1. The number of amides is 1. The number of fused-ring (bicyclic) bond motifs is 2. The molecule has 1 amide bonds. The number of likely N-dealkylation sites (tertiary alicyclic amines) is 1. The molecule has 6 heteroatoms. The third kappa shape index (κ3) is 2.15. The Kier molecular flexibility index (Phi) is 3.42. The molecule has 0 aromatic carbocycles. The van der Waals surface area contributed by atoms with Gasteiger partial charge in [-0.3, -0.25) is 9.59 Å². The van der Waals surface area contributed by atoms with Crippen molar-refractivity contribution < 1.29 is 24.2 Å². The van der Waals surface area contributed by atoms with Crippen LogP contribution in [0.25, 0.3) is 0 Å². The van der Waals surface area contributed by atoms with E-state index in [1.54, 1.807) is 0 Å². The Morgan fingerprint density at radius 1 is 1.00 bits per heavy atom. The zero-order chi connectivity index (χ0) is 15.3. The van der Waals surface area contributed by atoms with Crippen LogP contribution < -0.4 is 0 Å². The zero-order valence-electron chi connectivity index (χ0n) is 12.7. The molecule has 4 aliphatic rings. The number of carbonyl (C=O) groups excluding carboxylic acids is 1. The van der Waals surface area contributed by atoms with Crippen LogP contribution in [-0.2, 0) is 19.1 Å². The predicted molar refractivity (Wildman–Crippen MR) is 75.9 cm³/mol. The first kappa shape index (κ1) is 14.5. The highest BCUT2D eigenvalue weighted by atomic mass is 16.7. The molecule has 2 aliphatic carbocycles. The molecule has 22 heavy (non-hydrogen) atoms. The SMILES string of the molecule is O=C(O)[C@H]1[C@H]2CC[C@@H](C2)[C@@H]1C(=O)N1CCC2(CC1)OCCO2. The number of aliphatic carboxylic acids is 1. The van der Waals surface area contributed by atoms with Gasteiger partial charge in [-0.15, -0.1) is 0 Å². The van der Waals surface area contributed by atoms with E-state index < -0.39 is 17.7 Å². The fourth-order valence-corrected chi connectivity index (χ4v) is 5.07. The van der Waals surface area contributed by atoms with Gasteiger partial charge in [-0.05, 0) is 31.1 Å². The molecule has 2 aliphatic heterocycles. The summed E-state index contributed by atoms with van der Waals surface area (Å²) < 4.78 is 11.4. The standard InChI is InChI=1S/C16H23NO5/c18-14(12-10-1-2-11(9-10)13(12)15(19)20)17-5-3-16(4-6-17)21-7-8-22-16/h10-13H,1-9H2,(H,19,20)/t10-,11-,12-,13-/m0/s1. The molecule has 4 fully saturated rings. The minimum atomic E-state index is -0.790. The first-order chi connectivity index (χ1) is 10.6. The van der Waals surface area contributed by atoms with Crippen LogP contribution in [0.5, 0.6) is 0 Å². The maximum Gasteiger partial charge on any atom is 0.307 e. The summed E-state index contributed by atoms with van der Waals surface area (Å²) in [7, 11) is 0. The summed E-state index contributed by atoms with van der Waals surface area (Å²) in [5.74, 6) is -1.54. The summed E-state index contributed by atoms with van der Waals surface area (Å²) in [4.78, 5) is 26.3. The van der Waals surface area contributed by atoms with Gasteiger partial charge in [0, 0.05) is 25.9 Å². The molecule has 0 radical (unpaired) electrons. The van der Waals surface area contributed by atoms with Gasteiger partial charge in [0.15, 0.2) is 5.79 Å². The molecule has 2 saturated carbocycles. The van der Waals surface area contributed by atoms with Crippen molar-refractivity contribution in [2.75, 3.05) is 26.3 Å². The van der Waals surface area contributed by atoms with Gasteiger partial charge in [0.05, 0.1) is 25.0 Å². The van der Waals surface area contributed by atoms with Gasteiger partial charge < -0.3 is 19.5 Å². The highest BCUT2D eigenvalue weighted by molar-refractivity contribution is 5.86. The van der Waals surface area contributed by atoms with E-state index >= 15 is 0 Å². The molecule has 0 aromatic heterocycles. The highest BCUT2D eigenvalue weighted by Gasteiger charge is 2.55. The van der Waals surface area contributed by atoms with Crippen molar-refractivity contribution in [2.45, 2.75) is 37.9 Å². The van der Waals surface area contributed by atoms with Crippen molar-refractivity contribution in [3.05, 3.63) is 0 Å². The van der Waals surface area contributed by atoms with E-state index in [2.05, 4.69) is 0 Å². The maximum absolute atomic E-state index is 12.9. The van der Waals surface area contributed by atoms with Gasteiger partial charge in [0.2, 0.25) is 5.91 Å². The summed E-state index contributed by atoms with van der Waals surface area (Å²) in [6.07, 6.45) is 4.27. The van der Waals surface area contributed by atoms with Crippen molar-refractivity contribution in [3.63, 3.8) is 0 Å². The number of hydrogen-bond donors (Lipinski definition) is 1. The topological polar surface area (TPSA) is 76.1 Å². The van der Waals surface area contributed by atoms with Crippen LogP contribution in [0.2, 0.25) is 0 Å². The van der Waals surface area contributed by atoms with Gasteiger partial charge in [-0.2, -0.15) is 0 Å². The van der Waals surface area contributed by atoms with E-state index in [1.165, 1.54) is 0 Å². The Hall–Kier alpha value is -1.14. The largest absolute Gasteiger partial charge is 0.481 e. The Morgan fingerprint density at radius 3 is 2.18 bits per heavy atom. The minimum absolute atomic E-state index is 0.0486. The van der Waals surface area contributed by atoms with E-state index in [9.17, 15) is 14.7 Å². The number of ether oxygens (including phenoxy) is 2. The number of nitrogens with zero attached hydrogens (tertiary/aromatic N) is 1. The fourth-order valence-electron chi connectivity index (χ4n) is 5.07. The minimum Gasteiger partial charge on any atom is -0.481 e. The van der Waals surface area contributed by atoms with Crippen LogP contribution in [0, 0.1) is 23.7 Å². The summed E-state index contributed by atoms with van der Waals surface area (Å²) in [6.45, 7) is 2.47. The molecular weight excluding hydrogens is 286 g/mol. The van der Waals surface area contributed by atoms with Crippen LogP contribution in [0.15, 0.2) is 0 Å². The molecule has 0 aromatic rings. The number of carboxylic acids is 1. The molecule has 1 spiro atoms. The van der Waals surface area contributed by atoms with Gasteiger partial charge >= 0.3 is 5.97 Å². The average molecular weight is 309 g/mol. The second kappa shape index (κ2) is 5.20. The van der Waals surface area contributed by atoms with Crippen LogP contribution >= 0.6 is 0 Å². The third-order valence-corrected chi connectivity index (χ3v) is 6.14. The molecule has 6 nitrogen and oxygen atoms in total. The number of rotatable bonds is 2. The number of hydrogen-bond acceptors (Lipinski definition) is 4. The van der Waals surface area contributed by atoms with E-state index in [4.69, 9.17) is 9.47 Å². The highest BCUT2D eigenvalue weighted by Crippen LogP contribution is 2.53. The second-order valence-electron chi connectivity index (χ2n) is 7.16. The van der Waals surface area contributed by atoms with Crippen molar-refractivity contribution in [1.82, 2.24) is 4.90 Å². The smallest absolute Gasteiger partial charge is 0.307 e. The number of carbonyl (C=O) groups is 2. The second-order valence-corrected chi connectivity index (χ2v) is 7.16. The first-order valence-electron chi connectivity index (χ1n) is 8.39. The molecule has 2 bridgehead atoms. The van der Waals surface area contributed by atoms with Crippen molar-refractivity contribution in [3.8, 4) is 0 Å². The number of carboxylic acid groups (broad SMARTS) is 1. The Labute approximate surface area is 129 Å². The third-order valence-electron chi connectivity index (χ3n) is 6.14. The molecule has 4 atom stereocenters. The average Bonchev–Trinajstić information content (AvgIpc) is 3.22. The Balaban J connectivity index is 1.45. The lowest BCUT2D eigenvalue weighted by Crippen LogP contribution is -2.51. The lowest BCUT2D eigenvalue weighted by Gasteiger charge is -2.40. The maximum atomic E-state index is 12.9. The molecule has 122 valence electrons. The molecule has 4 rings (SSSR count). The van der Waals surface area contributed by atoms with Crippen molar-refractivity contribution in [1.29, 1.82) is 0 Å². The summed E-state index contributed by atoms with van der Waals surface area (Å²) in [6, 6.07) is 0. The van der Waals surface area contributed by atoms with Crippen LogP contribution in [0.1, 0.15) is 32.1 Å². The van der Waals surface area contributed by atoms with Crippen LogP contribution in [0.3, 0.4) is 0 Å². The summed E-state index contributed by atoms with van der Waals surface area (Å²) in [5.41, 5.74) is 0. The van der Waals surface area contributed by atoms with E-state index in [1.807, 2.05) is 4.90 Å². The van der Waals surface area contributed by atoms with Crippen molar-refractivity contribution in [2.24, 2.45) is 23.7 Å². The van der Waals surface area contributed by atoms with E-state index in [0.717, 1.165) is 19.3 Å². The molecule has 0 unspecified atom stereocenters. The lowest BCUT2D eigenvalue weighted by atomic mass is 9.78.